The summed E-state index contributed by atoms with van der Waals surface area (Å²) < 4.78 is 79.9. The van der Waals surface area contributed by atoms with Crippen LogP contribution in [0.15, 0.2) is 30.3 Å². The van der Waals surface area contributed by atoms with Crippen LogP contribution in [0.1, 0.15) is 17.1 Å². The molecule has 1 aromatic carbocycles. The number of hydrogen-bond acceptors (Lipinski definition) is 3. The Hall–Kier alpha value is -2.32. The first-order chi connectivity index (χ1) is 10.1. The second kappa shape index (κ2) is 5.47. The second-order valence-corrected chi connectivity index (χ2v) is 4.29. The van der Waals surface area contributed by atoms with Crippen molar-refractivity contribution in [3.05, 3.63) is 47.4 Å². The van der Waals surface area contributed by atoms with E-state index in [0.29, 0.717) is 0 Å². The first-order valence-corrected chi connectivity index (χ1v) is 5.84. The van der Waals surface area contributed by atoms with Crippen molar-refractivity contribution in [1.82, 2.24) is 9.97 Å². The second-order valence-electron chi connectivity index (χ2n) is 4.29. The van der Waals surface area contributed by atoms with Crippen LogP contribution in [0.2, 0.25) is 0 Å². The van der Waals surface area contributed by atoms with E-state index in [1.54, 1.807) is 0 Å². The average Bonchev–Trinajstić information content (AvgIpc) is 2.36. The van der Waals surface area contributed by atoms with Gasteiger partial charge in [0.15, 0.2) is 0 Å². The number of hydrogen-bond donors (Lipinski definition) is 0. The van der Waals surface area contributed by atoms with Gasteiger partial charge in [0.25, 0.3) is 0 Å². The van der Waals surface area contributed by atoms with Crippen LogP contribution in [-0.2, 0) is 12.4 Å². The van der Waals surface area contributed by atoms with Gasteiger partial charge in [0.05, 0.1) is 5.56 Å². The molecule has 0 saturated heterocycles. The van der Waals surface area contributed by atoms with Crippen molar-refractivity contribution in [2.45, 2.75) is 19.3 Å². The molecule has 0 bridgehead atoms. The summed E-state index contributed by atoms with van der Waals surface area (Å²) >= 11 is 0. The summed E-state index contributed by atoms with van der Waals surface area (Å²) in [6.45, 7) is 1.32. The quantitative estimate of drug-likeness (QED) is 0.757. The standard InChI is InChI=1S/C13H8F6N2O/c1-7-6-10(21-11(20-7)13(17,18)19)22-9-4-2-8(3-5-9)12(14,15)16/h2-6H,1H3. The molecule has 0 fully saturated rings. The molecule has 0 radical (unpaired) electrons. The van der Waals surface area contributed by atoms with Crippen LogP contribution < -0.4 is 4.74 Å². The molecule has 0 aliphatic heterocycles. The van der Waals surface area contributed by atoms with Crippen LogP contribution in [0.5, 0.6) is 11.6 Å². The minimum atomic E-state index is -4.75. The van der Waals surface area contributed by atoms with E-state index in [9.17, 15) is 26.3 Å². The molecule has 3 nitrogen and oxygen atoms in total. The van der Waals surface area contributed by atoms with E-state index in [-0.39, 0.29) is 11.4 Å². The van der Waals surface area contributed by atoms with Crippen LogP contribution in [0.4, 0.5) is 26.3 Å². The Balaban J connectivity index is 2.26. The molecule has 118 valence electrons. The van der Waals surface area contributed by atoms with Gasteiger partial charge in [0.2, 0.25) is 11.7 Å². The lowest BCUT2D eigenvalue weighted by Crippen LogP contribution is -2.12. The van der Waals surface area contributed by atoms with Gasteiger partial charge in [-0.3, -0.25) is 0 Å². The fraction of sp³-hybridized carbons (Fsp3) is 0.231. The summed E-state index contributed by atoms with van der Waals surface area (Å²) in [5.74, 6) is -1.85. The Morgan fingerprint density at radius 3 is 1.95 bits per heavy atom. The van der Waals surface area contributed by atoms with E-state index in [1.165, 1.54) is 6.92 Å². The van der Waals surface area contributed by atoms with E-state index < -0.39 is 29.6 Å². The van der Waals surface area contributed by atoms with E-state index in [1.807, 2.05) is 0 Å². The molecule has 9 heteroatoms. The van der Waals surface area contributed by atoms with Crippen molar-refractivity contribution in [3.63, 3.8) is 0 Å². The van der Waals surface area contributed by atoms with Crippen molar-refractivity contribution < 1.29 is 31.1 Å². The highest BCUT2D eigenvalue weighted by Crippen LogP contribution is 2.32. The maximum absolute atomic E-state index is 12.6. The smallest absolute Gasteiger partial charge is 0.439 e. The molecule has 0 aliphatic rings. The predicted octanol–water partition coefficient (Wildman–Crippen LogP) is 4.61. The zero-order valence-electron chi connectivity index (χ0n) is 11.0. The Morgan fingerprint density at radius 2 is 1.45 bits per heavy atom. The van der Waals surface area contributed by atoms with Crippen LogP contribution in [0.25, 0.3) is 0 Å². The van der Waals surface area contributed by atoms with Crippen LogP contribution in [0.3, 0.4) is 0 Å². The van der Waals surface area contributed by atoms with Crippen LogP contribution in [-0.4, -0.2) is 9.97 Å². The van der Waals surface area contributed by atoms with Crippen molar-refractivity contribution in [1.29, 1.82) is 0 Å². The lowest BCUT2D eigenvalue weighted by Gasteiger charge is -2.10. The van der Waals surface area contributed by atoms with Gasteiger partial charge >= 0.3 is 12.4 Å². The SMILES string of the molecule is Cc1cc(Oc2ccc(C(F)(F)F)cc2)nc(C(F)(F)F)n1. The highest BCUT2D eigenvalue weighted by Gasteiger charge is 2.35. The van der Waals surface area contributed by atoms with Crippen molar-refractivity contribution in [3.8, 4) is 11.6 Å². The lowest BCUT2D eigenvalue weighted by atomic mass is 10.2. The topological polar surface area (TPSA) is 35.0 Å². The van der Waals surface area contributed by atoms with E-state index in [4.69, 9.17) is 4.74 Å². The van der Waals surface area contributed by atoms with Gasteiger partial charge in [-0.15, -0.1) is 0 Å². The summed E-state index contributed by atoms with van der Waals surface area (Å²) in [5, 5.41) is 0. The van der Waals surface area contributed by atoms with Gasteiger partial charge in [0, 0.05) is 11.8 Å². The summed E-state index contributed by atoms with van der Waals surface area (Å²) in [4.78, 5) is 6.42. The minimum absolute atomic E-state index is 0.0178. The van der Waals surface area contributed by atoms with Crippen molar-refractivity contribution >= 4 is 0 Å². The molecule has 2 rings (SSSR count). The average molecular weight is 322 g/mol. The van der Waals surface area contributed by atoms with Gasteiger partial charge in [-0.2, -0.15) is 31.3 Å². The fourth-order valence-corrected chi connectivity index (χ4v) is 1.55. The number of rotatable bonds is 2. The van der Waals surface area contributed by atoms with Crippen LogP contribution in [0, 0.1) is 6.92 Å². The van der Waals surface area contributed by atoms with Gasteiger partial charge in [-0.05, 0) is 31.2 Å². The number of ether oxygens (including phenoxy) is 1. The molecule has 0 unspecified atom stereocenters. The first-order valence-electron chi connectivity index (χ1n) is 5.84. The normalized spacial score (nSPS) is 12.3. The highest BCUT2D eigenvalue weighted by molar-refractivity contribution is 5.32. The zero-order chi connectivity index (χ0) is 16.5. The number of nitrogens with zero attached hydrogens (tertiary/aromatic N) is 2. The third-order valence-corrected chi connectivity index (χ3v) is 2.49. The largest absolute Gasteiger partial charge is 0.451 e. The monoisotopic (exact) mass is 322 g/mol. The summed E-state index contributed by atoms with van der Waals surface area (Å²) in [6, 6.07) is 4.65. The molecule has 0 amide bonds. The molecule has 0 saturated carbocycles. The number of alkyl halides is 6. The van der Waals surface area contributed by atoms with E-state index in [2.05, 4.69) is 9.97 Å². The summed E-state index contributed by atoms with van der Waals surface area (Å²) in [6.07, 6.45) is -9.25. The Bertz CT molecular complexity index is 664. The fourth-order valence-electron chi connectivity index (χ4n) is 1.55. The Morgan fingerprint density at radius 1 is 0.864 bits per heavy atom. The minimum Gasteiger partial charge on any atom is -0.439 e. The third-order valence-electron chi connectivity index (χ3n) is 2.49. The molecule has 1 aromatic heterocycles. The molecular weight excluding hydrogens is 314 g/mol. The predicted molar refractivity (Wildman–Crippen MR) is 63.3 cm³/mol. The van der Waals surface area contributed by atoms with E-state index in [0.717, 1.165) is 30.3 Å². The lowest BCUT2D eigenvalue weighted by molar-refractivity contribution is -0.145. The molecule has 1 heterocycles. The van der Waals surface area contributed by atoms with Crippen LogP contribution >= 0.6 is 0 Å². The maximum Gasteiger partial charge on any atom is 0.451 e. The summed E-state index contributed by atoms with van der Waals surface area (Å²) in [7, 11) is 0. The van der Waals surface area contributed by atoms with Crippen molar-refractivity contribution in [2.75, 3.05) is 0 Å². The van der Waals surface area contributed by atoms with Gasteiger partial charge < -0.3 is 4.74 Å². The molecule has 22 heavy (non-hydrogen) atoms. The number of benzene rings is 1. The Kier molecular flexibility index (Phi) is 3.99. The third kappa shape index (κ3) is 3.86. The van der Waals surface area contributed by atoms with E-state index >= 15 is 0 Å². The number of aryl methyl sites for hydroxylation is 1. The molecule has 0 atom stereocenters. The van der Waals surface area contributed by atoms with Gasteiger partial charge in [-0.25, -0.2) is 4.98 Å². The van der Waals surface area contributed by atoms with Gasteiger partial charge in [-0.1, -0.05) is 0 Å². The number of halogens is 6. The first kappa shape index (κ1) is 16.1. The number of aromatic nitrogens is 2. The molecule has 0 aliphatic carbocycles. The van der Waals surface area contributed by atoms with Gasteiger partial charge in [0.1, 0.15) is 5.75 Å². The molecular formula is C13H8F6N2O. The highest BCUT2D eigenvalue weighted by atomic mass is 19.4. The molecule has 0 spiro atoms. The molecule has 0 N–H and O–H groups in total. The Labute approximate surface area is 120 Å². The molecule has 2 aromatic rings. The maximum atomic E-state index is 12.6. The zero-order valence-corrected chi connectivity index (χ0v) is 11.0. The summed E-state index contributed by atoms with van der Waals surface area (Å²) in [5.41, 5.74) is -0.876. The van der Waals surface area contributed by atoms with Crippen molar-refractivity contribution in [2.24, 2.45) is 0 Å².